The second-order valence-electron chi connectivity index (χ2n) is 11.9. The summed E-state index contributed by atoms with van der Waals surface area (Å²) in [7, 11) is 0. The lowest BCUT2D eigenvalue weighted by molar-refractivity contribution is -0.355. The van der Waals surface area contributed by atoms with Gasteiger partial charge in [-0.05, 0) is 37.0 Å². The van der Waals surface area contributed by atoms with Crippen LogP contribution in [0.25, 0.3) is 0 Å². The summed E-state index contributed by atoms with van der Waals surface area (Å²) < 4.78 is 17.7. The molecule has 2 aliphatic heterocycles. The van der Waals surface area contributed by atoms with Crippen molar-refractivity contribution in [2.24, 2.45) is 46.3 Å². The fraction of sp³-hybridized carbons (Fsp3) is 0.920. The molecule has 0 aromatic heterocycles. The Kier molecular flexibility index (Phi) is 5.48. The van der Waals surface area contributed by atoms with Crippen LogP contribution in [0.4, 0.5) is 0 Å². The van der Waals surface area contributed by atoms with E-state index in [1.165, 1.54) is 0 Å². The van der Waals surface area contributed by atoms with Crippen molar-refractivity contribution in [2.75, 3.05) is 6.61 Å². The zero-order valence-corrected chi connectivity index (χ0v) is 20.5. The number of rotatable bonds is 3. The van der Waals surface area contributed by atoms with Gasteiger partial charge in [0.15, 0.2) is 5.79 Å². The van der Waals surface area contributed by atoms with Crippen LogP contribution in [0.15, 0.2) is 0 Å². The van der Waals surface area contributed by atoms with E-state index in [2.05, 4.69) is 0 Å². The highest BCUT2D eigenvalue weighted by Gasteiger charge is 2.83. The quantitative estimate of drug-likeness (QED) is 0.425. The Hall–Kier alpha value is -1.26. The minimum absolute atomic E-state index is 0.00489. The van der Waals surface area contributed by atoms with Gasteiger partial charge >= 0.3 is 11.9 Å². The first-order chi connectivity index (χ1) is 15.8. The minimum atomic E-state index is -1.99. The average molecular weight is 483 g/mol. The van der Waals surface area contributed by atoms with Crippen LogP contribution in [0.2, 0.25) is 0 Å². The number of aliphatic hydroxyl groups excluding tert-OH is 3. The van der Waals surface area contributed by atoms with Crippen molar-refractivity contribution in [2.45, 2.75) is 90.2 Å². The molecule has 2 bridgehead atoms. The molecule has 0 amide bonds. The summed E-state index contributed by atoms with van der Waals surface area (Å²) in [4.78, 5) is 26.0. The highest BCUT2D eigenvalue weighted by atomic mass is 16.7. The molecule has 9 nitrogen and oxygen atoms in total. The molecule has 5 aliphatic rings. The highest BCUT2D eigenvalue weighted by molar-refractivity contribution is 5.81. The van der Waals surface area contributed by atoms with Crippen molar-refractivity contribution in [3.05, 3.63) is 0 Å². The van der Waals surface area contributed by atoms with Crippen LogP contribution >= 0.6 is 0 Å². The predicted octanol–water partition coefficient (Wildman–Crippen LogP) is 0.606. The summed E-state index contributed by atoms with van der Waals surface area (Å²) in [6.07, 6.45) is -4.04. The molecule has 1 spiro atoms. The maximum Gasteiger partial charge on any atom is 0.348 e. The lowest BCUT2D eigenvalue weighted by Crippen LogP contribution is -2.78. The van der Waals surface area contributed by atoms with Crippen LogP contribution in [0.1, 0.15) is 53.9 Å². The SMILES string of the molecule is CCC(C)C(=O)O[C@H]1C(=O)O[C@@H]2C[C@H]3[C@H](C)C[C@H](O)[C@@H](O)[C@]3(C)[C@H]3[C@]4(O)OC[C@]32[C@@H]1[C@@H](C)[C@H]4O. The van der Waals surface area contributed by atoms with Crippen LogP contribution in [-0.2, 0) is 23.8 Å². The topological polar surface area (TPSA) is 143 Å². The number of carbonyl (C=O) groups is 2. The van der Waals surface area contributed by atoms with Crippen molar-refractivity contribution >= 4 is 11.9 Å². The molecule has 2 saturated heterocycles. The molecule has 2 heterocycles. The Labute approximate surface area is 199 Å². The fourth-order valence-corrected chi connectivity index (χ4v) is 8.76. The Bertz CT molecular complexity index is 878. The van der Waals surface area contributed by atoms with E-state index < -0.39 is 82.7 Å². The van der Waals surface area contributed by atoms with E-state index in [4.69, 9.17) is 14.2 Å². The van der Waals surface area contributed by atoms with Gasteiger partial charge in [-0.15, -0.1) is 0 Å². The van der Waals surface area contributed by atoms with E-state index in [-0.39, 0.29) is 18.4 Å². The second kappa shape index (κ2) is 7.62. The van der Waals surface area contributed by atoms with Gasteiger partial charge in [0.05, 0.1) is 24.7 Å². The van der Waals surface area contributed by atoms with Crippen molar-refractivity contribution in [1.29, 1.82) is 0 Å². The predicted molar refractivity (Wildman–Crippen MR) is 117 cm³/mol. The van der Waals surface area contributed by atoms with Crippen LogP contribution in [0, 0.1) is 46.3 Å². The summed E-state index contributed by atoms with van der Waals surface area (Å²) in [5.74, 6) is -5.91. The Morgan fingerprint density at radius 3 is 2.53 bits per heavy atom. The summed E-state index contributed by atoms with van der Waals surface area (Å²) >= 11 is 0. The third kappa shape index (κ3) is 2.73. The Balaban J connectivity index is 1.67. The van der Waals surface area contributed by atoms with Gasteiger partial charge in [0.2, 0.25) is 6.10 Å². The highest BCUT2D eigenvalue weighted by Crippen LogP contribution is 2.74. The molecule has 4 N–H and O–H groups in total. The molecule has 3 aliphatic carbocycles. The van der Waals surface area contributed by atoms with E-state index in [0.717, 1.165) is 0 Å². The van der Waals surface area contributed by atoms with E-state index >= 15 is 0 Å². The fourth-order valence-electron chi connectivity index (χ4n) is 8.76. The van der Waals surface area contributed by atoms with Gasteiger partial charge in [-0.1, -0.05) is 34.6 Å². The molecule has 5 fully saturated rings. The van der Waals surface area contributed by atoms with Gasteiger partial charge in [-0.25, -0.2) is 4.79 Å². The maximum absolute atomic E-state index is 13.3. The van der Waals surface area contributed by atoms with E-state index in [0.29, 0.717) is 19.3 Å². The molecular weight excluding hydrogens is 444 g/mol. The largest absolute Gasteiger partial charge is 0.459 e. The summed E-state index contributed by atoms with van der Waals surface area (Å²) in [5.41, 5.74) is -2.00. The first kappa shape index (κ1) is 24.4. The van der Waals surface area contributed by atoms with E-state index in [1.807, 2.05) is 20.8 Å². The van der Waals surface area contributed by atoms with Crippen molar-refractivity contribution in [3.8, 4) is 0 Å². The molecule has 0 aromatic carbocycles. The Morgan fingerprint density at radius 1 is 1.21 bits per heavy atom. The van der Waals surface area contributed by atoms with Gasteiger partial charge in [0.1, 0.15) is 12.2 Å². The molecular formula is C25H38O9. The lowest BCUT2D eigenvalue weighted by Gasteiger charge is -2.69. The molecule has 14 atom stereocenters. The van der Waals surface area contributed by atoms with Crippen LogP contribution in [-0.4, -0.2) is 75.3 Å². The first-order valence-corrected chi connectivity index (χ1v) is 12.7. The van der Waals surface area contributed by atoms with Gasteiger partial charge in [0, 0.05) is 22.7 Å². The number of carbonyl (C=O) groups excluding carboxylic acids is 2. The van der Waals surface area contributed by atoms with Gasteiger partial charge in [-0.2, -0.15) is 0 Å². The number of ether oxygens (including phenoxy) is 3. The molecule has 34 heavy (non-hydrogen) atoms. The molecule has 0 aromatic rings. The molecule has 0 radical (unpaired) electrons. The van der Waals surface area contributed by atoms with Crippen molar-refractivity contribution < 1.29 is 44.2 Å². The number of fused-ring (bicyclic) bond motifs is 1. The average Bonchev–Trinajstić information content (AvgIpc) is 3.08. The van der Waals surface area contributed by atoms with Crippen LogP contribution < -0.4 is 0 Å². The zero-order valence-electron chi connectivity index (χ0n) is 20.5. The van der Waals surface area contributed by atoms with Gasteiger partial charge in [-0.3, -0.25) is 4.79 Å². The standard InChI is InChI=1S/C25H38O9/c1-6-10(2)20(29)34-17-16-12(4)18(27)25(31)22-23(5)13(11(3)7-14(26)19(23)28)8-15(33-21(17)30)24(16,22)9-32-25/h10-19,22,26-28,31H,6-9H2,1-5H3/t10?,11-,12-,13+,14+,15-,16-,17-,18-,19-,22-,23-,24+,25-/m1/s1. The summed E-state index contributed by atoms with van der Waals surface area (Å²) in [6, 6.07) is 0. The second-order valence-corrected chi connectivity index (χ2v) is 11.9. The minimum Gasteiger partial charge on any atom is -0.459 e. The molecule has 1 unspecified atom stereocenters. The van der Waals surface area contributed by atoms with Crippen molar-refractivity contribution in [1.82, 2.24) is 0 Å². The first-order valence-electron chi connectivity index (χ1n) is 12.7. The third-order valence-corrected chi connectivity index (χ3v) is 10.5. The molecule has 9 heteroatoms. The van der Waals surface area contributed by atoms with E-state index in [1.54, 1.807) is 13.8 Å². The number of aliphatic hydroxyl groups is 4. The van der Waals surface area contributed by atoms with Gasteiger partial charge in [0.25, 0.3) is 0 Å². The monoisotopic (exact) mass is 482 g/mol. The Morgan fingerprint density at radius 2 is 1.88 bits per heavy atom. The van der Waals surface area contributed by atoms with Crippen LogP contribution in [0.5, 0.6) is 0 Å². The van der Waals surface area contributed by atoms with Crippen LogP contribution in [0.3, 0.4) is 0 Å². The smallest absolute Gasteiger partial charge is 0.348 e. The van der Waals surface area contributed by atoms with Gasteiger partial charge < -0.3 is 34.6 Å². The lowest BCUT2D eigenvalue weighted by atomic mass is 9.37. The third-order valence-electron chi connectivity index (χ3n) is 10.5. The van der Waals surface area contributed by atoms with E-state index in [9.17, 15) is 30.0 Å². The molecule has 192 valence electrons. The number of hydrogen-bond donors (Lipinski definition) is 4. The number of hydrogen-bond acceptors (Lipinski definition) is 9. The normalized spacial score (nSPS) is 56.7. The molecule has 5 rings (SSSR count). The van der Waals surface area contributed by atoms with Crippen molar-refractivity contribution in [3.63, 3.8) is 0 Å². The molecule has 3 saturated carbocycles. The summed E-state index contributed by atoms with van der Waals surface area (Å²) in [6.45, 7) is 9.14. The summed E-state index contributed by atoms with van der Waals surface area (Å²) in [5, 5.41) is 45.3. The maximum atomic E-state index is 13.3. The zero-order chi connectivity index (χ0) is 25.0. The number of esters is 2.